The Bertz CT molecular complexity index is 523. The summed E-state index contributed by atoms with van der Waals surface area (Å²) in [5, 5.41) is 0. The van der Waals surface area contributed by atoms with Crippen molar-refractivity contribution >= 4 is 5.91 Å². The van der Waals surface area contributed by atoms with Crippen molar-refractivity contribution in [3.05, 3.63) is 60.1 Å². The van der Waals surface area contributed by atoms with E-state index in [0.29, 0.717) is 13.0 Å². The number of hydrogen-bond donors (Lipinski definition) is 1. The van der Waals surface area contributed by atoms with Gasteiger partial charge < -0.3 is 15.1 Å². The summed E-state index contributed by atoms with van der Waals surface area (Å²) in [6, 6.07) is 11.4. The minimum absolute atomic E-state index is 0.0397. The molecule has 0 spiro atoms. The van der Waals surface area contributed by atoms with Crippen LogP contribution in [0, 0.1) is 0 Å². The zero-order valence-corrected chi connectivity index (χ0v) is 11.7. The molecule has 1 heterocycles. The lowest BCUT2D eigenvalue weighted by atomic mass is 10.0. The first kappa shape index (κ1) is 14.3. The van der Waals surface area contributed by atoms with Gasteiger partial charge in [-0.05, 0) is 24.5 Å². The number of nitrogens with two attached hydrogens (primary N) is 1. The van der Waals surface area contributed by atoms with Gasteiger partial charge >= 0.3 is 0 Å². The second kappa shape index (κ2) is 6.91. The van der Waals surface area contributed by atoms with Crippen LogP contribution in [0.15, 0.2) is 53.3 Å². The number of aryl methyl sites for hydroxylation is 1. The Kier molecular flexibility index (Phi) is 4.96. The molecule has 0 saturated carbocycles. The van der Waals surface area contributed by atoms with E-state index < -0.39 is 6.04 Å². The topological polar surface area (TPSA) is 59.5 Å². The second-order valence-corrected chi connectivity index (χ2v) is 4.96. The van der Waals surface area contributed by atoms with Crippen LogP contribution < -0.4 is 5.73 Å². The van der Waals surface area contributed by atoms with E-state index >= 15 is 0 Å². The maximum atomic E-state index is 12.2. The highest BCUT2D eigenvalue weighted by Crippen LogP contribution is 2.08. The van der Waals surface area contributed by atoms with Crippen LogP contribution >= 0.6 is 0 Å². The Morgan fingerprint density at radius 3 is 2.65 bits per heavy atom. The van der Waals surface area contributed by atoms with Crippen molar-refractivity contribution in [3.63, 3.8) is 0 Å². The predicted octanol–water partition coefficient (Wildman–Crippen LogP) is 2.20. The number of likely N-dealkylation sites (N-methyl/N-ethyl adjacent to an activating group) is 1. The first-order valence-corrected chi connectivity index (χ1v) is 6.72. The van der Waals surface area contributed by atoms with Crippen LogP contribution in [0.2, 0.25) is 0 Å². The standard InChI is InChI=1S/C16H20N2O2/c1-18(11-14-9-10-20-12-14)16(19)15(17)8-7-13-5-3-2-4-6-13/h2-6,9-10,12,15H,7-8,11,17H2,1H3. The Hall–Kier alpha value is -2.07. The highest BCUT2D eigenvalue weighted by Gasteiger charge is 2.18. The van der Waals surface area contributed by atoms with E-state index in [1.807, 2.05) is 36.4 Å². The summed E-state index contributed by atoms with van der Waals surface area (Å²) in [6.07, 6.45) is 4.70. The van der Waals surface area contributed by atoms with Crippen LogP contribution in [0.25, 0.3) is 0 Å². The van der Waals surface area contributed by atoms with E-state index in [1.54, 1.807) is 24.5 Å². The number of rotatable bonds is 6. The Morgan fingerprint density at radius 2 is 2.00 bits per heavy atom. The third-order valence-electron chi connectivity index (χ3n) is 3.28. The fraction of sp³-hybridized carbons (Fsp3) is 0.312. The van der Waals surface area contributed by atoms with Gasteiger partial charge in [0.25, 0.3) is 0 Å². The second-order valence-electron chi connectivity index (χ2n) is 4.96. The molecule has 4 nitrogen and oxygen atoms in total. The summed E-state index contributed by atoms with van der Waals surface area (Å²) < 4.78 is 4.99. The molecule has 0 aliphatic heterocycles. The quantitative estimate of drug-likeness (QED) is 0.877. The van der Waals surface area contributed by atoms with Crippen LogP contribution in [0.3, 0.4) is 0 Å². The lowest BCUT2D eigenvalue weighted by Gasteiger charge is -2.20. The minimum Gasteiger partial charge on any atom is -0.472 e. The number of carbonyl (C=O) groups is 1. The van der Waals surface area contributed by atoms with Gasteiger partial charge in [-0.15, -0.1) is 0 Å². The van der Waals surface area contributed by atoms with Gasteiger partial charge in [0.2, 0.25) is 5.91 Å². The maximum absolute atomic E-state index is 12.2. The number of hydrogen-bond acceptors (Lipinski definition) is 3. The van der Waals surface area contributed by atoms with Crippen molar-refractivity contribution in [1.82, 2.24) is 4.90 Å². The smallest absolute Gasteiger partial charge is 0.239 e. The van der Waals surface area contributed by atoms with Gasteiger partial charge in [0, 0.05) is 19.2 Å². The van der Waals surface area contributed by atoms with Crippen LogP contribution in [-0.4, -0.2) is 23.9 Å². The van der Waals surface area contributed by atoms with Crippen LogP contribution in [0.1, 0.15) is 17.5 Å². The van der Waals surface area contributed by atoms with Gasteiger partial charge in [0.05, 0.1) is 18.6 Å². The molecule has 106 valence electrons. The van der Waals surface area contributed by atoms with Gasteiger partial charge in [0.15, 0.2) is 0 Å². The fourth-order valence-electron chi connectivity index (χ4n) is 2.11. The van der Waals surface area contributed by atoms with E-state index in [0.717, 1.165) is 12.0 Å². The highest BCUT2D eigenvalue weighted by molar-refractivity contribution is 5.81. The summed E-state index contributed by atoms with van der Waals surface area (Å²) in [6.45, 7) is 0.522. The lowest BCUT2D eigenvalue weighted by molar-refractivity contribution is -0.131. The molecule has 4 heteroatoms. The average Bonchev–Trinajstić information content (AvgIpc) is 2.98. The lowest BCUT2D eigenvalue weighted by Crippen LogP contribution is -2.41. The summed E-state index contributed by atoms with van der Waals surface area (Å²) in [5.74, 6) is -0.0397. The zero-order chi connectivity index (χ0) is 14.4. The monoisotopic (exact) mass is 272 g/mol. The van der Waals surface area contributed by atoms with Crippen molar-refractivity contribution < 1.29 is 9.21 Å². The van der Waals surface area contributed by atoms with E-state index in [4.69, 9.17) is 10.2 Å². The van der Waals surface area contributed by atoms with E-state index in [-0.39, 0.29) is 5.91 Å². The third kappa shape index (κ3) is 3.96. The van der Waals surface area contributed by atoms with Gasteiger partial charge in [0.1, 0.15) is 0 Å². The minimum atomic E-state index is -0.466. The summed E-state index contributed by atoms with van der Waals surface area (Å²) in [5.41, 5.74) is 8.15. The molecule has 1 unspecified atom stereocenters. The fourth-order valence-corrected chi connectivity index (χ4v) is 2.11. The predicted molar refractivity (Wildman–Crippen MR) is 77.9 cm³/mol. The van der Waals surface area contributed by atoms with E-state index in [9.17, 15) is 4.79 Å². The van der Waals surface area contributed by atoms with Crippen LogP contribution in [0.5, 0.6) is 0 Å². The molecule has 1 atom stereocenters. The number of nitrogens with zero attached hydrogens (tertiary/aromatic N) is 1. The molecule has 0 aliphatic carbocycles. The van der Waals surface area contributed by atoms with Gasteiger partial charge in [-0.2, -0.15) is 0 Å². The van der Waals surface area contributed by atoms with Crippen LogP contribution in [0.4, 0.5) is 0 Å². The Labute approximate surface area is 119 Å². The SMILES string of the molecule is CN(Cc1ccoc1)C(=O)C(N)CCc1ccccc1. The molecule has 0 aliphatic rings. The molecular formula is C16H20N2O2. The Balaban J connectivity index is 1.82. The average molecular weight is 272 g/mol. The van der Waals surface area contributed by atoms with Crippen molar-refractivity contribution in [3.8, 4) is 0 Å². The van der Waals surface area contributed by atoms with E-state index in [1.165, 1.54) is 5.56 Å². The third-order valence-corrected chi connectivity index (χ3v) is 3.28. The summed E-state index contributed by atoms with van der Waals surface area (Å²) in [7, 11) is 1.76. The molecular weight excluding hydrogens is 252 g/mol. The molecule has 0 radical (unpaired) electrons. The number of amides is 1. The van der Waals surface area contributed by atoms with Crippen molar-refractivity contribution in [2.75, 3.05) is 7.05 Å². The highest BCUT2D eigenvalue weighted by atomic mass is 16.3. The zero-order valence-electron chi connectivity index (χ0n) is 11.7. The first-order chi connectivity index (χ1) is 9.66. The molecule has 2 aromatic rings. The first-order valence-electron chi connectivity index (χ1n) is 6.72. The molecule has 1 aromatic heterocycles. The van der Waals surface area contributed by atoms with E-state index in [2.05, 4.69) is 0 Å². The molecule has 0 fully saturated rings. The molecule has 1 amide bonds. The van der Waals surface area contributed by atoms with Gasteiger partial charge in [-0.25, -0.2) is 0 Å². The summed E-state index contributed by atoms with van der Waals surface area (Å²) in [4.78, 5) is 13.8. The number of furan rings is 1. The summed E-state index contributed by atoms with van der Waals surface area (Å²) >= 11 is 0. The molecule has 20 heavy (non-hydrogen) atoms. The number of carbonyl (C=O) groups excluding carboxylic acids is 1. The Morgan fingerprint density at radius 1 is 1.25 bits per heavy atom. The molecule has 0 bridgehead atoms. The number of benzene rings is 1. The molecule has 1 aromatic carbocycles. The van der Waals surface area contributed by atoms with Crippen molar-refractivity contribution in [1.29, 1.82) is 0 Å². The normalized spacial score (nSPS) is 12.1. The maximum Gasteiger partial charge on any atom is 0.239 e. The van der Waals surface area contributed by atoms with Gasteiger partial charge in [-0.1, -0.05) is 30.3 Å². The van der Waals surface area contributed by atoms with Gasteiger partial charge in [-0.3, -0.25) is 4.79 Å². The van der Waals surface area contributed by atoms with Crippen LogP contribution in [-0.2, 0) is 17.8 Å². The molecule has 2 N–H and O–H groups in total. The van der Waals surface area contributed by atoms with Crippen molar-refractivity contribution in [2.45, 2.75) is 25.4 Å². The largest absolute Gasteiger partial charge is 0.472 e. The molecule has 2 rings (SSSR count). The van der Waals surface area contributed by atoms with Crippen molar-refractivity contribution in [2.24, 2.45) is 5.73 Å². The molecule has 0 saturated heterocycles.